The van der Waals surface area contributed by atoms with E-state index in [9.17, 15) is 4.79 Å². The molecule has 1 atom stereocenters. The summed E-state index contributed by atoms with van der Waals surface area (Å²) >= 11 is 13.5. The first-order valence-corrected chi connectivity index (χ1v) is 10.2. The van der Waals surface area contributed by atoms with E-state index in [0.29, 0.717) is 27.6 Å². The summed E-state index contributed by atoms with van der Waals surface area (Å²) in [4.78, 5) is 12.4. The number of hydrogen-bond acceptors (Lipinski definition) is 5. The number of rotatable bonds is 7. The molecule has 146 valence electrons. The van der Waals surface area contributed by atoms with Crippen LogP contribution in [0.5, 0.6) is 0 Å². The summed E-state index contributed by atoms with van der Waals surface area (Å²) in [6.45, 7) is 2.26. The van der Waals surface area contributed by atoms with Crippen LogP contribution in [0.25, 0.3) is 0 Å². The Morgan fingerprint density at radius 3 is 2.68 bits per heavy atom. The first-order chi connectivity index (χ1) is 13.4. The molecule has 0 radical (unpaired) electrons. The number of aromatic nitrogens is 3. The molecular weight excluding hydrogens is 417 g/mol. The van der Waals surface area contributed by atoms with Gasteiger partial charge in [-0.25, -0.2) is 0 Å². The second kappa shape index (κ2) is 9.32. The zero-order valence-corrected chi connectivity index (χ0v) is 17.6. The molecule has 1 unspecified atom stereocenters. The highest BCUT2D eigenvalue weighted by atomic mass is 35.5. The third kappa shape index (κ3) is 5.19. The molecule has 2 N–H and O–H groups in total. The molecule has 1 aromatic heterocycles. The molecule has 0 spiro atoms. The number of nitrogens with one attached hydrogen (secondary N) is 2. The van der Waals surface area contributed by atoms with Crippen molar-refractivity contribution in [3.63, 3.8) is 0 Å². The third-order valence-corrected chi connectivity index (χ3v) is 5.68. The second-order valence-electron chi connectivity index (χ2n) is 6.05. The molecule has 6 nitrogen and oxygen atoms in total. The summed E-state index contributed by atoms with van der Waals surface area (Å²) in [6.07, 6.45) is 0. The minimum Gasteiger partial charge on any atom is -0.376 e. The van der Waals surface area contributed by atoms with E-state index < -0.39 is 0 Å². The zero-order chi connectivity index (χ0) is 20.1. The molecular formula is C19H19Cl2N5OS. The van der Waals surface area contributed by atoms with Gasteiger partial charge < -0.3 is 15.2 Å². The average Bonchev–Trinajstić information content (AvgIpc) is 3.03. The Labute approximate surface area is 177 Å². The summed E-state index contributed by atoms with van der Waals surface area (Å²) in [5.41, 5.74) is 1.49. The van der Waals surface area contributed by atoms with Crippen LogP contribution >= 0.6 is 35.0 Å². The smallest absolute Gasteiger partial charge is 0.237 e. The minimum atomic E-state index is -0.328. The van der Waals surface area contributed by atoms with Crippen molar-refractivity contribution < 1.29 is 4.79 Å². The topological polar surface area (TPSA) is 71.8 Å². The lowest BCUT2D eigenvalue weighted by atomic mass is 10.3. The Morgan fingerprint density at radius 1 is 1.18 bits per heavy atom. The van der Waals surface area contributed by atoms with E-state index in [1.807, 2.05) is 48.9 Å². The maximum absolute atomic E-state index is 12.4. The SMILES string of the molecule is CC(Sc1nnc(CNc2cc(Cl)ccc2Cl)n1C)C(=O)Nc1ccccc1. The number of amides is 1. The van der Waals surface area contributed by atoms with Crippen molar-refractivity contribution in [3.05, 3.63) is 64.4 Å². The second-order valence-corrected chi connectivity index (χ2v) is 8.20. The summed E-state index contributed by atoms with van der Waals surface area (Å²) in [5.74, 6) is 0.624. The van der Waals surface area contributed by atoms with Gasteiger partial charge in [0.1, 0.15) is 0 Å². The Bertz CT molecular complexity index is 964. The molecule has 0 aliphatic carbocycles. The number of thioether (sulfide) groups is 1. The van der Waals surface area contributed by atoms with Crippen molar-refractivity contribution in [1.82, 2.24) is 14.8 Å². The number of nitrogens with zero attached hydrogens (tertiary/aromatic N) is 3. The van der Waals surface area contributed by atoms with Gasteiger partial charge in [0, 0.05) is 17.8 Å². The van der Waals surface area contributed by atoms with Crippen LogP contribution in [-0.2, 0) is 18.4 Å². The number of hydrogen-bond donors (Lipinski definition) is 2. The molecule has 28 heavy (non-hydrogen) atoms. The van der Waals surface area contributed by atoms with E-state index in [1.54, 1.807) is 18.2 Å². The van der Waals surface area contributed by atoms with Gasteiger partial charge in [0.15, 0.2) is 11.0 Å². The van der Waals surface area contributed by atoms with E-state index in [2.05, 4.69) is 20.8 Å². The first-order valence-electron chi connectivity index (χ1n) is 8.54. The first kappa shape index (κ1) is 20.5. The fourth-order valence-electron chi connectivity index (χ4n) is 2.39. The van der Waals surface area contributed by atoms with Crippen molar-refractivity contribution in [2.45, 2.75) is 23.9 Å². The molecule has 3 aromatic rings. The van der Waals surface area contributed by atoms with Gasteiger partial charge in [0.25, 0.3) is 0 Å². The molecule has 0 aliphatic rings. The molecule has 9 heteroatoms. The van der Waals surface area contributed by atoms with E-state index in [1.165, 1.54) is 11.8 Å². The lowest BCUT2D eigenvalue weighted by Crippen LogP contribution is -2.22. The molecule has 0 fully saturated rings. The van der Waals surface area contributed by atoms with Crippen molar-refractivity contribution in [2.24, 2.45) is 7.05 Å². The highest BCUT2D eigenvalue weighted by Gasteiger charge is 2.19. The van der Waals surface area contributed by atoms with Gasteiger partial charge >= 0.3 is 0 Å². The van der Waals surface area contributed by atoms with Crippen LogP contribution in [-0.4, -0.2) is 25.9 Å². The number of halogens is 2. The molecule has 0 aliphatic heterocycles. The summed E-state index contributed by atoms with van der Waals surface area (Å²) < 4.78 is 1.85. The molecule has 2 aromatic carbocycles. The Kier molecular flexibility index (Phi) is 6.83. The fraction of sp³-hybridized carbons (Fsp3) is 0.211. The van der Waals surface area contributed by atoms with E-state index >= 15 is 0 Å². The number of carbonyl (C=O) groups excluding carboxylic acids is 1. The molecule has 0 saturated carbocycles. The monoisotopic (exact) mass is 435 g/mol. The van der Waals surface area contributed by atoms with Gasteiger partial charge in [-0.15, -0.1) is 10.2 Å². The lowest BCUT2D eigenvalue weighted by molar-refractivity contribution is -0.115. The van der Waals surface area contributed by atoms with Crippen molar-refractivity contribution in [3.8, 4) is 0 Å². The van der Waals surface area contributed by atoms with Crippen molar-refractivity contribution in [1.29, 1.82) is 0 Å². The highest BCUT2D eigenvalue weighted by molar-refractivity contribution is 8.00. The zero-order valence-electron chi connectivity index (χ0n) is 15.3. The van der Waals surface area contributed by atoms with Gasteiger partial charge in [-0.2, -0.15) is 0 Å². The van der Waals surface area contributed by atoms with Gasteiger partial charge in [-0.1, -0.05) is 53.2 Å². The summed E-state index contributed by atoms with van der Waals surface area (Å²) in [6, 6.07) is 14.6. The van der Waals surface area contributed by atoms with Gasteiger partial charge in [0.05, 0.1) is 22.5 Å². The molecule has 3 rings (SSSR count). The van der Waals surface area contributed by atoms with Gasteiger partial charge in [0.2, 0.25) is 5.91 Å². The minimum absolute atomic E-state index is 0.0930. The number of para-hydroxylation sites is 1. The van der Waals surface area contributed by atoms with Crippen LogP contribution < -0.4 is 10.6 Å². The normalized spacial score (nSPS) is 11.9. The lowest BCUT2D eigenvalue weighted by Gasteiger charge is -2.12. The van der Waals surface area contributed by atoms with Gasteiger partial charge in [-0.05, 0) is 37.3 Å². The maximum atomic E-state index is 12.4. The predicted molar refractivity (Wildman–Crippen MR) is 115 cm³/mol. The van der Waals surface area contributed by atoms with E-state index in [4.69, 9.17) is 23.2 Å². The number of benzene rings is 2. The van der Waals surface area contributed by atoms with Crippen LogP contribution in [0.4, 0.5) is 11.4 Å². The molecule has 0 bridgehead atoms. The van der Waals surface area contributed by atoms with E-state index in [-0.39, 0.29) is 11.2 Å². The quantitative estimate of drug-likeness (QED) is 0.518. The largest absolute Gasteiger partial charge is 0.376 e. The fourth-order valence-corrected chi connectivity index (χ4v) is 3.58. The van der Waals surface area contributed by atoms with Crippen LogP contribution in [0.15, 0.2) is 53.7 Å². The Hall–Kier alpha value is -2.22. The van der Waals surface area contributed by atoms with Crippen LogP contribution in [0.1, 0.15) is 12.7 Å². The van der Waals surface area contributed by atoms with Crippen LogP contribution in [0.3, 0.4) is 0 Å². The molecule has 1 heterocycles. The average molecular weight is 436 g/mol. The van der Waals surface area contributed by atoms with Crippen molar-refractivity contribution in [2.75, 3.05) is 10.6 Å². The van der Waals surface area contributed by atoms with Crippen molar-refractivity contribution >= 4 is 52.2 Å². The number of carbonyl (C=O) groups is 1. The Morgan fingerprint density at radius 2 is 1.93 bits per heavy atom. The van der Waals surface area contributed by atoms with Crippen LogP contribution in [0.2, 0.25) is 10.0 Å². The Balaban J connectivity index is 1.61. The maximum Gasteiger partial charge on any atom is 0.237 e. The summed E-state index contributed by atoms with van der Waals surface area (Å²) in [5, 5.41) is 16.0. The number of anilines is 2. The predicted octanol–water partition coefficient (Wildman–Crippen LogP) is 4.85. The van der Waals surface area contributed by atoms with Crippen LogP contribution in [0, 0.1) is 0 Å². The third-order valence-electron chi connectivity index (χ3n) is 3.98. The van der Waals surface area contributed by atoms with Gasteiger partial charge in [-0.3, -0.25) is 4.79 Å². The molecule has 1 amide bonds. The standard InChI is InChI=1S/C19H19Cl2N5OS/c1-12(18(27)23-14-6-4-3-5-7-14)28-19-25-24-17(26(19)2)11-22-16-10-13(20)8-9-15(16)21/h3-10,12,22H,11H2,1-2H3,(H,23,27). The highest BCUT2D eigenvalue weighted by Crippen LogP contribution is 2.26. The van der Waals surface area contributed by atoms with E-state index in [0.717, 1.165) is 11.4 Å². The summed E-state index contributed by atoms with van der Waals surface area (Å²) in [7, 11) is 1.86. The molecule has 0 saturated heterocycles.